The van der Waals surface area contributed by atoms with Crippen molar-refractivity contribution in [1.29, 1.82) is 0 Å². The topological polar surface area (TPSA) is 17.1 Å². The van der Waals surface area contributed by atoms with E-state index in [0.29, 0.717) is 6.42 Å². The summed E-state index contributed by atoms with van der Waals surface area (Å²) < 4.78 is 0. The van der Waals surface area contributed by atoms with Crippen LogP contribution in [0.5, 0.6) is 0 Å². The van der Waals surface area contributed by atoms with E-state index in [9.17, 15) is 4.79 Å². The normalized spacial score (nSPS) is 15.9. The number of fused-ring (bicyclic) bond motifs is 1. The predicted molar refractivity (Wildman–Crippen MR) is 51.0 cm³/mol. The Morgan fingerprint density at radius 2 is 2.08 bits per heavy atom. The Morgan fingerprint density at radius 3 is 2.92 bits per heavy atom. The van der Waals surface area contributed by atoms with Gasteiger partial charge >= 0.3 is 0 Å². The van der Waals surface area contributed by atoms with Crippen molar-refractivity contribution in [2.45, 2.75) is 24.2 Å². The maximum atomic E-state index is 11.4. The molecular weight excluding hydrogens is 168 g/mol. The van der Waals surface area contributed by atoms with Crippen molar-refractivity contribution in [3.63, 3.8) is 0 Å². The van der Waals surface area contributed by atoms with E-state index in [4.69, 9.17) is 0 Å². The van der Waals surface area contributed by atoms with Gasteiger partial charge in [0.25, 0.3) is 0 Å². The van der Waals surface area contributed by atoms with Crippen LogP contribution in [-0.2, 0) is 6.42 Å². The quantitative estimate of drug-likeness (QED) is 0.604. The lowest BCUT2D eigenvalue weighted by Gasteiger charge is -2.14. The Hall–Kier alpha value is -0.760. The second-order valence-electron chi connectivity index (χ2n) is 3.12. The van der Waals surface area contributed by atoms with Crippen molar-refractivity contribution in [3.05, 3.63) is 29.3 Å². The van der Waals surface area contributed by atoms with Crippen molar-refractivity contribution in [1.82, 2.24) is 0 Å². The molecule has 1 nitrogen and oxygen atoms in total. The molecule has 0 bridgehead atoms. The summed E-state index contributed by atoms with van der Waals surface area (Å²) >= 11 is 4.24. The molecule has 0 saturated carbocycles. The number of rotatable bonds is 0. The molecule has 1 aliphatic rings. The van der Waals surface area contributed by atoms with Crippen LogP contribution in [0.2, 0.25) is 0 Å². The summed E-state index contributed by atoms with van der Waals surface area (Å²) in [7, 11) is 0. The van der Waals surface area contributed by atoms with E-state index < -0.39 is 0 Å². The third-order valence-electron chi connectivity index (χ3n) is 2.24. The van der Waals surface area contributed by atoms with Gasteiger partial charge in [0.2, 0.25) is 0 Å². The minimum atomic E-state index is 0.282. The number of thiol groups is 1. The van der Waals surface area contributed by atoms with Gasteiger partial charge in [0.1, 0.15) is 0 Å². The molecular formula is C10H10OS. The maximum absolute atomic E-state index is 11.4. The monoisotopic (exact) mass is 178 g/mol. The Bertz CT molecular complexity index is 331. The van der Waals surface area contributed by atoms with Gasteiger partial charge < -0.3 is 0 Å². The van der Waals surface area contributed by atoms with Gasteiger partial charge in [0, 0.05) is 16.9 Å². The average molecular weight is 178 g/mol. The van der Waals surface area contributed by atoms with Crippen LogP contribution in [0, 0.1) is 0 Å². The first-order valence-electron chi connectivity index (χ1n) is 4.12. The molecule has 2 heteroatoms. The van der Waals surface area contributed by atoms with E-state index in [1.54, 1.807) is 0 Å². The largest absolute Gasteiger partial charge is 0.294 e. The molecule has 0 fully saturated rings. The summed E-state index contributed by atoms with van der Waals surface area (Å²) in [6, 6.07) is 5.76. The van der Waals surface area contributed by atoms with Crippen LogP contribution in [0.4, 0.5) is 0 Å². The van der Waals surface area contributed by atoms with E-state index in [1.807, 2.05) is 18.2 Å². The van der Waals surface area contributed by atoms with Gasteiger partial charge in [-0.3, -0.25) is 4.79 Å². The number of hydrogen-bond donors (Lipinski definition) is 1. The molecule has 0 atom stereocenters. The van der Waals surface area contributed by atoms with Gasteiger partial charge in [0.05, 0.1) is 0 Å². The fourth-order valence-corrected chi connectivity index (χ4v) is 1.86. The van der Waals surface area contributed by atoms with E-state index in [1.165, 1.54) is 5.56 Å². The molecule has 0 aliphatic heterocycles. The lowest BCUT2D eigenvalue weighted by molar-refractivity contribution is 0.0972. The molecule has 0 unspecified atom stereocenters. The van der Waals surface area contributed by atoms with Crippen molar-refractivity contribution < 1.29 is 4.79 Å². The molecule has 0 aromatic heterocycles. The molecule has 62 valence electrons. The molecule has 0 radical (unpaired) electrons. The molecule has 12 heavy (non-hydrogen) atoms. The fraction of sp³-hybridized carbons (Fsp3) is 0.300. The minimum Gasteiger partial charge on any atom is -0.294 e. The summed E-state index contributed by atoms with van der Waals surface area (Å²) in [6.45, 7) is 0. The van der Waals surface area contributed by atoms with Gasteiger partial charge in [-0.15, -0.1) is 12.6 Å². The zero-order chi connectivity index (χ0) is 8.55. The highest BCUT2D eigenvalue weighted by molar-refractivity contribution is 7.80. The molecule has 1 aliphatic carbocycles. The molecule has 0 N–H and O–H groups in total. The predicted octanol–water partition coefficient (Wildman–Crippen LogP) is 2.49. The zero-order valence-corrected chi connectivity index (χ0v) is 7.60. The molecule has 1 aromatic carbocycles. The average Bonchev–Trinajstić information content (AvgIpc) is 2.04. The van der Waals surface area contributed by atoms with Crippen molar-refractivity contribution >= 4 is 18.4 Å². The Balaban J connectivity index is 2.53. The van der Waals surface area contributed by atoms with Crippen LogP contribution in [0.1, 0.15) is 28.8 Å². The molecule has 2 rings (SSSR count). The van der Waals surface area contributed by atoms with Crippen molar-refractivity contribution in [2.75, 3.05) is 0 Å². The highest BCUT2D eigenvalue weighted by Gasteiger charge is 2.16. The number of hydrogen-bond acceptors (Lipinski definition) is 2. The molecule has 0 spiro atoms. The van der Waals surface area contributed by atoms with Crippen molar-refractivity contribution in [2.24, 2.45) is 0 Å². The second-order valence-corrected chi connectivity index (χ2v) is 3.63. The molecule has 0 saturated heterocycles. The van der Waals surface area contributed by atoms with Crippen LogP contribution in [0.3, 0.4) is 0 Å². The van der Waals surface area contributed by atoms with Gasteiger partial charge in [0.15, 0.2) is 5.78 Å². The summed E-state index contributed by atoms with van der Waals surface area (Å²) in [5.41, 5.74) is 2.07. The van der Waals surface area contributed by atoms with Crippen LogP contribution >= 0.6 is 12.6 Å². The number of Topliss-reactive ketones (excluding diaryl/α,β-unsaturated/α-hetero) is 1. The SMILES string of the molecule is O=C1CCCc2cc(S)ccc21. The third kappa shape index (κ3) is 1.27. The highest BCUT2D eigenvalue weighted by atomic mass is 32.1. The highest BCUT2D eigenvalue weighted by Crippen LogP contribution is 2.23. The zero-order valence-electron chi connectivity index (χ0n) is 6.71. The number of ketones is 1. The number of carbonyl (C=O) groups excluding carboxylic acids is 1. The van der Waals surface area contributed by atoms with Crippen LogP contribution < -0.4 is 0 Å². The van der Waals surface area contributed by atoms with Crippen LogP contribution in [-0.4, -0.2) is 5.78 Å². The number of benzene rings is 1. The summed E-state index contributed by atoms with van der Waals surface area (Å²) in [5.74, 6) is 0.282. The van der Waals surface area contributed by atoms with Crippen molar-refractivity contribution in [3.8, 4) is 0 Å². The first-order valence-corrected chi connectivity index (χ1v) is 4.57. The molecule has 0 amide bonds. The summed E-state index contributed by atoms with van der Waals surface area (Å²) in [4.78, 5) is 12.3. The van der Waals surface area contributed by atoms with Gasteiger partial charge in [-0.05, 0) is 30.5 Å². The summed E-state index contributed by atoms with van der Waals surface area (Å²) in [6.07, 6.45) is 2.72. The van der Waals surface area contributed by atoms with E-state index in [-0.39, 0.29) is 5.78 Å². The number of aryl methyl sites for hydroxylation is 1. The Labute approximate surface area is 77.2 Å². The fourth-order valence-electron chi connectivity index (χ4n) is 1.63. The van der Waals surface area contributed by atoms with E-state index >= 15 is 0 Å². The van der Waals surface area contributed by atoms with E-state index in [0.717, 1.165) is 23.3 Å². The van der Waals surface area contributed by atoms with Crippen LogP contribution in [0.25, 0.3) is 0 Å². The third-order valence-corrected chi connectivity index (χ3v) is 2.52. The minimum absolute atomic E-state index is 0.282. The van der Waals surface area contributed by atoms with Gasteiger partial charge in [-0.25, -0.2) is 0 Å². The maximum Gasteiger partial charge on any atom is 0.163 e. The second kappa shape index (κ2) is 2.94. The van der Waals surface area contributed by atoms with Crippen LogP contribution in [0.15, 0.2) is 23.1 Å². The number of carbonyl (C=O) groups is 1. The molecule has 1 aromatic rings. The lowest BCUT2D eigenvalue weighted by atomic mass is 9.91. The standard InChI is InChI=1S/C10H10OS/c11-10-3-1-2-7-6-8(12)4-5-9(7)10/h4-6,12H,1-3H2. The van der Waals surface area contributed by atoms with E-state index in [2.05, 4.69) is 12.6 Å². The first kappa shape index (κ1) is 7.87. The summed E-state index contributed by atoms with van der Waals surface area (Å²) in [5, 5.41) is 0. The lowest BCUT2D eigenvalue weighted by Crippen LogP contribution is -2.10. The Morgan fingerprint density at radius 1 is 1.25 bits per heavy atom. The van der Waals surface area contributed by atoms with Gasteiger partial charge in [-0.1, -0.05) is 6.07 Å². The Kier molecular flexibility index (Phi) is 1.93. The first-order chi connectivity index (χ1) is 5.77. The van der Waals surface area contributed by atoms with Gasteiger partial charge in [-0.2, -0.15) is 0 Å². The molecule has 0 heterocycles. The smallest absolute Gasteiger partial charge is 0.163 e.